The summed E-state index contributed by atoms with van der Waals surface area (Å²) in [5, 5.41) is 0. The lowest BCUT2D eigenvalue weighted by Crippen LogP contribution is -2.14. The third-order valence-electron chi connectivity index (χ3n) is 2.71. The van der Waals surface area contributed by atoms with E-state index in [2.05, 4.69) is 9.55 Å². The Balaban J connectivity index is 2.10. The van der Waals surface area contributed by atoms with E-state index in [0.717, 1.165) is 25.8 Å². The molecule has 0 fully saturated rings. The molecule has 2 rings (SSSR count). The molecule has 1 aliphatic rings. The molecule has 0 saturated heterocycles. The standard InChI is InChI=1S/C10H15N3S/c11-10(14)5-6-13-7-12-8-3-1-2-4-9(8)13/h7H,1-6H2,(H2,11,14). The molecule has 0 radical (unpaired) electrons. The van der Waals surface area contributed by atoms with Crippen LogP contribution in [0.3, 0.4) is 0 Å². The van der Waals surface area contributed by atoms with Gasteiger partial charge in [-0.1, -0.05) is 12.2 Å². The first-order chi connectivity index (χ1) is 6.77. The summed E-state index contributed by atoms with van der Waals surface area (Å²) in [6.07, 6.45) is 7.56. The van der Waals surface area contributed by atoms with E-state index in [-0.39, 0.29) is 0 Å². The Bertz CT molecular complexity index is 343. The molecule has 76 valence electrons. The first-order valence-electron chi connectivity index (χ1n) is 5.08. The van der Waals surface area contributed by atoms with Crippen LogP contribution in [0.5, 0.6) is 0 Å². The van der Waals surface area contributed by atoms with Gasteiger partial charge in [0.1, 0.15) is 0 Å². The molecule has 0 unspecified atom stereocenters. The molecule has 4 heteroatoms. The lowest BCUT2D eigenvalue weighted by Gasteiger charge is -2.13. The Hall–Kier alpha value is -0.900. The van der Waals surface area contributed by atoms with Crippen LogP contribution < -0.4 is 5.73 Å². The van der Waals surface area contributed by atoms with E-state index < -0.39 is 0 Å². The molecule has 1 heterocycles. The first kappa shape index (κ1) is 9.65. The zero-order valence-electron chi connectivity index (χ0n) is 8.20. The zero-order valence-corrected chi connectivity index (χ0v) is 9.02. The molecule has 1 aromatic rings. The van der Waals surface area contributed by atoms with Gasteiger partial charge in [-0.15, -0.1) is 0 Å². The van der Waals surface area contributed by atoms with Crippen molar-refractivity contribution in [1.29, 1.82) is 0 Å². The first-order valence-corrected chi connectivity index (χ1v) is 5.49. The number of hydrogen-bond donors (Lipinski definition) is 1. The number of aromatic nitrogens is 2. The van der Waals surface area contributed by atoms with E-state index in [1.54, 1.807) is 0 Å². The van der Waals surface area contributed by atoms with Crippen molar-refractivity contribution in [3.63, 3.8) is 0 Å². The highest BCUT2D eigenvalue weighted by atomic mass is 32.1. The average Bonchev–Trinajstić information content (AvgIpc) is 2.58. The lowest BCUT2D eigenvalue weighted by molar-refractivity contribution is 0.611. The quantitative estimate of drug-likeness (QED) is 0.766. The summed E-state index contributed by atoms with van der Waals surface area (Å²) in [4.78, 5) is 5.00. The Kier molecular flexibility index (Phi) is 2.82. The fourth-order valence-corrected chi connectivity index (χ4v) is 2.05. The highest BCUT2D eigenvalue weighted by Crippen LogP contribution is 2.19. The highest BCUT2D eigenvalue weighted by Gasteiger charge is 2.14. The van der Waals surface area contributed by atoms with Gasteiger partial charge < -0.3 is 10.3 Å². The van der Waals surface area contributed by atoms with Gasteiger partial charge in [0.05, 0.1) is 17.0 Å². The van der Waals surface area contributed by atoms with E-state index >= 15 is 0 Å². The van der Waals surface area contributed by atoms with Crippen molar-refractivity contribution in [1.82, 2.24) is 9.55 Å². The van der Waals surface area contributed by atoms with Crippen molar-refractivity contribution in [2.24, 2.45) is 5.73 Å². The molecule has 0 bridgehead atoms. The fraction of sp³-hybridized carbons (Fsp3) is 0.600. The van der Waals surface area contributed by atoms with Gasteiger partial charge in [-0.3, -0.25) is 0 Å². The van der Waals surface area contributed by atoms with Crippen LogP contribution in [0.2, 0.25) is 0 Å². The molecular formula is C10H15N3S. The predicted molar refractivity (Wildman–Crippen MR) is 60.3 cm³/mol. The molecule has 0 amide bonds. The molecule has 1 aromatic heterocycles. The number of nitrogens with two attached hydrogens (primary N) is 1. The minimum atomic E-state index is 0.586. The number of aryl methyl sites for hydroxylation is 2. The van der Waals surface area contributed by atoms with Crippen LogP contribution in [0.25, 0.3) is 0 Å². The maximum Gasteiger partial charge on any atom is 0.0951 e. The zero-order chi connectivity index (χ0) is 9.97. The van der Waals surface area contributed by atoms with Crippen LogP contribution in [0.15, 0.2) is 6.33 Å². The summed E-state index contributed by atoms with van der Waals surface area (Å²) < 4.78 is 2.20. The topological polar surface area (TPSA) is 43.8 Å². The van der Waals surface area contributed by atoms with Gasteiger partial charge in [0.25, 0.3) is 0 Å². The van der Waals surface area contributed by atoms with E-state index in [1.807, 2.05) is 6.33 Å². The van der Waals surface area contributed by atoms with Crippen LogP contribution in [-0.2, 0) is 19.4 Å². The van der Waals surface area contributed by atoms with E-state index in [1.165, 1.54) is 24.2 Å². The van der Waals surface area contributed by atoms with Crippen LogP contribution in [0.1, 0.15) is 30.7 Å². The third kappa shape index (κ3) is 1.95. The van der Waals surface area contributed by atoms with Crippen molar-refractivity contribution < 1.29 is 0 Å². The highest BCUT2D eigenvalue weighted by molar-refractivity contribution is 7.80. The van der Waals surface area contributed by atoms with Gasteiger partial charge in [-0.2, -0.15) is 0 Å². The van der Waals surface area contributed by atoms with Gasteiger partial charge in [0.15, 0.2) is 0 Å². The minimum absolute atomic E-state index is 0.586. The van der Waals surface area contributed by atoms with Crippen molar-refractivity contribution in [2.45, 2.75) is 38.6 Å². The Morgan fingerprint density at radius 3 is 3.07 bits per heavy atom. The summed E-state index contributed by atoms with van der Waals surface area (Å²) in [6, 6.07) is 0. The number of rotatable bonds is 3. The smallest absolute Gasteiger partial charge is 0.0951 e. The summed E-state index contributed by atoms with van der Waals surface area (Å²) >= 11 is 4.87. The fourth-order valence-electron chi connectivity index (χ4n) is 1.95. The van der Waals surface area contributed by atoms with Crippen molar-refractivity contribution in [3.8, 4) is 0 Å². The number of thiocarbonyl (C=S) groups is 1. The number of hydrogen-bond acceptors (Lipinski definition) is 2. The molecule has 14 heavy (non-hydrogen) atoms. The van der Waals surface area contributed by atoms with Gasteiger partial charge in [-0.05, 0) is 25.7 Å². The molecule has 0 aliphatic heterocycles. The van der Waals surface area contributed by atoms with Gasteiger partial charge in [-0.25, -0.2) is 4.98 Å². The van der Waals surface area contributed by atoms with Crippen LogP contribution in [-0.4, -0.2) is 14.5 Å². The molecule has 0 saturated carbocycles. The summed E-state index contributed by atoms with van der Waals surface area (Å²) in [6.45, 7) is 0.887. The van der Waals surface area contributed by atoms with Crippen molar-refractivity contribution >= 4 is 17.2 Å². The van der Waals surface area contributed by atoms with E-state index in [9.17, 15) is 0 Å². The number of fused-ring (bicyclic) bond motifs is 1. The predicted octanol–water partition coefficient (Wildman–Crippen LogP) is 1.44. The Morgan fingerprint density at radius 2 is 2.29 bits per heavy atom. The molecule has 3 nitrogen and oxygen atoms in total. The Labute approximate surface area is 89.3 Å². The maximum atomic E-state index is 5.48. The average molecular weight is 209 g/mol. The van der Waals surface area contributed by atoms with E-state index in [4.69, 9.17) is 18.0 Å². The summed E-state index contributed by atoms with van der Waals surface area (Å²) in [7, 11) is 0. The largest absolute Gasteiger partial charge is 0.393 e. The minimum Gasteiger partial charge on any atom is -0.393 e. The van der Waals surface area contributed by atoms with Crippen molar-refractivity contribution in [3.05, 3.63) is 17.7 Å². The second-order valence-corrected chi connectivity index (χ2v) is 4.28. The van der Waals surface area contributed by atoms with E-state index in [0.29, 0.717) is 4.99 Å². The second kappa shape index (κ2) is 4.09. The normalized spacial score (nSPS) is 15.1. The molecule has 0 atom stereocenters. The van der Waals surface area contributed by atoms with Crippen LogP contribution >= 0.6 is 12.2 Å². The van der Waals surface area contributed by atoms with Crippen LogP contribution in [0.4, 0.5) is 0 Å². The molecule has 2 N–H and O–H groups in total. The van der Waals surface area contributed by atoms with Crippen molar-refractivity contribution in [2.75, 3.05) is 0 Å². The van der Waals surface area contributed by atoms with Crippen LogP contribution in [0, 0.1) is 0 Å². The number of imidazole rings is 1. The monoisotopic (exact) mass is 209 g/mol. The van der Waals surface area contributed by atoms with Gasteiger partial charge in [0, 0.05) is 18.7 Å². The summed E-state index contributed by atoms with van der Waals surface area (Å²) in [5.74, 6) is 0. The maximum absolute atomic E-state index is 5.48. The third-order valence-corrected chi connectivity index (χ3v) is 2.91. The molecule has 0 aromatic carbocycles. The number of nitrogens with zero attached hydrogens (tertiary/aromatic N) is 2. The molecule has 1 aliphatic carbocycles. The van der Waals surface area contributed by atoms with Gasteiger partial charge in [0.2, 0.25) is 0 Å². The Morgan fingerprint density at radius 1 is 1.50 bits per heavy atom. The molecule has 0 spiro atoms. The second-order valence-electron chi connectivity index (χ2n) is 3.75. The van der Waals surface area contributed by atoms with Gasteiger partial charge >= 0.3 is 0 Å². The summed E-state index contributed by atoms with van der Waals surface area (Å²) in [5.41, 5.74) is 8.16. The lowest BCUT2D eigenvalue weighted by atomic mass is 10.0. The SMILES string of the molecule is NC(=S)CCn1cnc2c1CCCC2. The molecular weight excluding hydrogens is 194 g/mol.